The molecule has 1 aromatic heterocycles. The average molecular weight is 551 g/mol. The Bertz CT molecular complexity index is 781. The number of hydrogen-bond donors (Lipinski definition) is 0. The highest BCUT2D eigenvalue weighted by atomic mass is 15.0. The van der Waals surface area contributed by atoms with Crippen molar-refractivity contribution in [3.05, 3.63) is 48.5 Å². The molecule has 0 N–H and O–H groups in total. The molecule has 40 heavy (non-hydrogen) atoms. The summed E-state index contributed by atoms with van der Waals surface area (Å²) in [4.78, 5) is 4.33. The highest BCUT2D eigenvalue weighted by molar-refractivity contribution is 5.43. The van der Waals surface area contributed by atoms with E-state index >= 15 is 0 Å². The van der Waals surface area contributed by atoms with Crippen molar-refractivity contribution in [3.8, 4) is 5.69 Å². The molecule has 0 aliphatic heterocycles. The van der Waals surface area contributed by atoms with Crippen LogP contribution in [0.2, 0.25) is 0 Å². The predicted octanol–water partition coefficient (Wildman–Crippen LogP) is 13.1. The van der Waals surface area contributed by atoms with Crippen molar-refractivity contribution in [2.75, 3.05) is 0 Å². The van der Waals surface area contributed by atoms with Crippen molar-refractivity contribution < 1.29 is 0 Å². The van der Waals surface area contributed by atoms with Crippen molar-refractivity contribution in [1.29, 1.82) is 0 Å². The van der Waals surface area contributed by atoms with Crippen molar-refractivity contribution >= 4 is 0 Å². The van der Waals surface area contributed by atoms with Crippen LogP contribution in [0.4, 0.5) is 0 Å². The van der Waals surface area contributed by atoms with Gasteiger partial charge in [-0.05, 0) is 30.4 Å². The van der Waals surface area contributed by atoms with E-state index in [4.69, 9.17) is 0 Å². The standard InChI is InChI=1S/C38H66N2/c1-3-5-7-9-11-13-14-15-16-17-18-19-20-22-24-26-30-36(29-25-23-21-12-10-8-6-4-2)37-31-27-28-32-38(37)40-34-33-39-35-40/h27-28,31-36H,3-26,29-30H2,1-2H3. The third-order valence-electron chi connectivity index (χ3n) is 8.97. The van der Waals surface area contributed by atoms with Crippen LogP contribution in [-0.4, -0.2) is 9.55 Å². The Morgan fingerprint density at radius 2 is 0.925 bits per heavy atom. The first kappa shape index (κ1) is 34.6. The number of nitrogens with zero attached hydrogens (tertiary/aromatic N) is 2. The van der Waals surface area contributed by atoms with Gasteiger partial charge in [0.1, 0.15) is 0 Å². The number of benzene rings is 1. The molecule has 0 aliphatic carbocycles. The molecule has 2 aromatic rings. The van der Waals surface area contributed by atoms with E-state index in [2.05, 4.69) is 53.9 Å². The molecular weight excluding hydrogens is 484 g/mol. The highest BCUT2D eigenvalue weighted by Crippen LogP contribution is 2.33. The summed E-state index contributed by atoms with van der Waals surface area (Å²) in [6, 6.07) is 9.09. The van der Waals surface area contributed by atoms with E-state index in [1.807, 2.05) is 12.5 Å². The van der Waals surface area contributed by atoms with Crippen LogP contribution >= 0.6 is 0 Å². The van der Waals surface area contributed by atoms with Crippen LogP contribution in [-0.2, 0) is 0 Å². The number of unbranched alkanes of at least 4 members (excludes halogenated alkanes) is 22. The SMILES string of the molecule is CCCCCCCCCCCCCCCCCCC(CCCCCCCCCC)c1ccccc1-n1ccnc1. The second-order valence-corrected chi connectivity index (χ2v) is 12.6. The van der Waals surface area contributed by atoms with Gasteiger partial charge >= 0.3 is 0 Å². The lowest BCUT2D eigenvalue weighted by molar-refractivity contribution is 0.480. The number of para-hydroxylation sites is 1. The lowest BCUT2D eigenvalue weighted by atomic mass is 9.87. The van der Waals surface area contributed by atoms with E-state index in [9.17, 15) is 0 Å². The Labute approximate surface area is 250 Å². The lowest BCUT2D eigenvalue weighted by Crippen LogP contribution is -2.05. The average Bonchev–Trinajstić information content (AvgIpc) is 3.52. The van der Waals surface area contributed by atoms with E-state index in [1.165, 1.54) is 178 Å². The van der Waals surface area contributed by atoms with Crippen molar-refractivity contribution in [2.24, 2.45) is 0 Å². The van der Waals surface area contributed by atoms with Crippen LogP contribution in [0.1, 0.15) is 192 Å². The van der Waals surface area contributed by atoms with Gasteiger partial charge in [0.2, 0.25) is 0 Å². The third-order valence-corrected chi connectivity index (χ3v) is 8.97. The minimum Gasteiger partial charge on any atom is -0.306 e. The second kappa shape index (κ2) is 25.2. The molecule has 0 radical (unpaired) electrons. The molecule has 0 saturated heterocycles. The largest absolute Gasteiger partial charge is 0.306 e. The molecule has 1 unspecified atom stereocenters. The molecule has 0 spiro atoms. The molecule has 2 heteroatoms. The molecule has 228 valence electrons. The van der Waals surface area contributed by atoms with E-state index < -0.39 is 0 Å². The van der Waals surface area contributed by atoms with Crippen LogP contribution in [0.15, 0.2) is 43.0 Å². The van der Waals surface area contributed by atoms with Crippen molar-refractivity contribution in [2.45, 2.75) is 187 Å². The zero-order valence-electron chi connectivity index (χ0n) is 26.9. The summed E-state index contributed by atoms with van der Waals surface area (Å²) < 4.78 is 2.21. The van der Waals surface area contributed by atoms with Gasteiger partial charge in [-0.3, -0.25) is 0 Å². The van der Waals surface area contributed by atoms with E-state index in [0.29, 0.717) is 5.92 Å². The molecule has 2 nitrogen and oxygen atoms in total. The van der Waals surface area contributed by atoms with Crippen molar-refractivity contribution in [3.63, 3.8) is 0 Å². The smallest absolute Gasteiger partial charge is 0.0991 e. The van der Waals surface area contributed by atoms with Gasteiger partial charge < -0.3 is 4.57 Å². The normalized spacial score (nSPS) is 12.2. The highest BCUT2D eigenvalue weighted by Gasteiger charge is 2.16. The maximum atomic E-state index is 4.33. The molecule has 0 amide bonds. The van der Waals surface area contributed by atoms with Gasteiger partial charge in [-0.2, -0.15) is 0 Å². The van der Waals surface area contributed by atoms with Gasteiger partial charge in [0, 0.05) is 18.1 Å². The Morgan fingerprint density at radius 3 is 1.32 bits per heavy atom. The van der Waals surface area contributed by atoms with Gasteiger partial charge in [-0.15, -0.1) is 0 Å². The zero-order chi connectivity index (χ0) is 28.4. The quantitative estimate of drug-likeness (QED) is 0.0963. The van der Waals surface area contributed by atoms with Crippen LogP contribution in [0.25, 0.3) is 5.69 Å². The summed E-state index contributed by atoms with van der Waals surface area (Å²) >= 11 is 0. The second-order valence-electron chi connectivity index (χ2n) is 12.6. The fraction of sp³-hybridized carbons (Fsp3) is 0.763. The van der Waals surface area contributed by atoms with Gasteiger partial charge in [0.25, 0.3) is 0 Å². The minimum atomic E-state index is 0.672. The molecule has 2 rings (SSSR count). The summed E-state index contributed by atoms with van der Waals surface area (Å²) in [5.74, 6) is 0.672. The van der Waals surface area contributed by atoms with Gasteiger partial charge in [-0.25, -0.2) is 4.98 Å². The number of hydrogen-bond acceptors (Lipinski definition) is 1. The Morgan fingerprint density at radius 1 is 0.525 bits per heavy atom. The summed E-state index contributed by atoms with van der Waals surface area (Å²) in [6.07, 6.45) is 42.9. The zero-order valence-corrected chi connectivity index (χ0v) is 26.9. The van der Waals surface area contributed by atoms with E-state index in [-0.39, 0.29) is 0 Å². The fourth-order valence-electron chi connectivity index (χ4n) is 6.39. The van der Waals surface area contributed by atoms with Crippen LogP contribution < -0.4 is 0 Å². The van der Waals surface area contributed by atoms with Crippen LogP contribution in [0, 0.1) is 0 Å². The summed E-state index contributed by atoms with van der Waals surface area (Å²) in [7, 11) is 0. The molecule has 0 saturated carbocycles. The monoisotopic (exact) mass is 551 g/mol. The maximum absolute atomic E-state index is 4.33. The first-order valence-corrected chi connectivity index (χ1v) is 17.9. The van der Waals surface area contributed by atoms with Gasteiger partial charge in [-0.1, -0.05) is 186 Å². The maximum Gasteiger partial charge on any atom is 0.0991 e. The Balaban J connectivity index is 1.62. The number of rotatable bonds is 28. The third kappa shape index (κ3) is 16.6. The number of aromatic nitrogens is 2. The predicted molar refractivity (Wildman–Crippen MR) is 178 cm³/mol. The molecule has 1 heterocycles. The fourth-order valence-corrected chi connectivity index (χ4v) is 6.39. The minimum absolute atomic E-state index is 0.672. The van der Waals surface area contributed by atoms with Gasteiger partial charge in [0.15, 0.2) is 0 Å². The molecular formula is C38H66N2. The van der Waals surface area contributed by atoms with Gasteiger partial charge in [0.05, 0.1) is 6.33 Å². The Hall–Kier alpha value is -1.57. The lowest BCUT2D eigenvalue weighted by Gasteiger charge is -2.21. The van der Waals surface area contributed by atoms with Crippen LogP contribution in [0.5, 0.6) is 0 Å². The molecule has 1 aromatic carbocycles. The topological polar surface area (TPSA) is 17.8 Å². The number of imidazole rings is 1. The molecule has 1 atom stereocenters. The molecule has 0 bridgehead atoms. The first-order chi connectivity index (χ1) is 19.9. The first-order valence-electron chi connectivity index (χ1n) is 17.9. The van der Waals surface area contributed by atoms with Crippen LogP contribution in [0.3, 0.4) is 0 Å². The Kier molecular flexibility index (Phi) is 21.8. The van der Waals surface area contributed by atoms with E-state index in [1.54, 1.807) is 0 Å². The van der Waals surface area contributed by atoms with Crippen molar-refractivity contribution in [1.82, 2.24) is 9.55 Å². The summed E-state index contributed by atoms with van der Waals surface area (Å²) in [6.45, 7) is 4.61. The summed E-state index contributed by atoms with van der Waals surface area (Å²) in [5.41, 5.74) is 2.87. The molecule has 0 aliphatic rings. The van der Waals surface area contributed by atoms with E-state index in [0.717, 1.165) is 0 Å². The summed E-state index contributed by atoms with van der Waals surface area (Å²) in [5, 5.41) is 0. The molecule has 0 fully saturated rings.